The highest BCUT2D eigenvalue weighted by atomic mass is 16.2. The number of rotatable bonds is 4. The molecule has 5 heteroatoms. The lowest BCUT2D eigenvalue weighted by atomic mass is 10.2. The van der Waals surface area contributed by atoms with E-state index in [4.69, 9.17) is 0 Å². The highest BCUT2D eigenvalue weighted by Gasteiger charge is 2.19. The van der Waals surface area contributed by atoms with Crippen LogP contribution < -0.4 is 0 Å². The van der Waals surface area contributed by atoms with Crippen molar-refractivity contribution in [2.24, 2.45) is 0 Å². The van der Waals surface area contributed by atoms with E-state index < -0.39 is 0 Å². The van der Waals surface area contributed by atoms with Crippen molar-refractivity contribution in [1.82, 2.24) is 19.8 Å². The predicted octanol–water partition coefficient (Wildman–Crippen LogP) is 1.75. The van der Waals surface area contributed by atoms with Crippen LogP contribution in [0.5, 0.6) is 0 Å². The van der Waals surface area contributed by atoms with Crippen LogP contribution in [-0.2, 0) is 17.8 Å². The van der Waals surface area contributed by atoms with E-state index in [2.05, 4.69) is 20.9 Å². The summed E-state index contributed by atoms with van der Waals surface area (Å²) in [5.41, 5.74) is 2.21. The number of carbonyl (C=O) groups is 1. The molecule has 120 valence electrons. The molecule has 2 aromatic rings. The molecule has 1 amide bonds. The smallest absolute Gasteiger partial charge is 0.227 e. The van der Waals surface area contributed by atoms with Crippen molar-refractivity contribution in [2.45, 2.75) is 19.4 Å². The lowest BCUT2D eigenvalue weighted by Crippen LogP contribution is -2.36. The molecule has 0 N–H and O–H groups in total. The summed E-state index contributed by atoms with van der Waals surface area (Å²) in [6, 6.07) is 7.90. The van der Waals surface area contributed by atoms with E-state index in [1.807, 2.05) is 29.3 Å². The summed E-state index contributed by atoms with van der Waals surface area (Å²) in [6.45, 7) is 4.46. The zero-order chi connectivity index (χ0) is 15.9. The van der Waals surface area contributed by atoms with Gasteiger partial charge in [-0.15, -0.1) is 0 Å². The van der Waals surface area contributed by atoms with Crippen LogP contribution in [0.1, 0.15) is 17.5 Å². The molecule has 1 aliphatic rings. The minimum atomic E-state index is 0.196. The molecule has 0 saturated carbocycles. The molecule has 0 aromatic carbocycles. The highest BCUT2D eigenvalue weighted by Crippen LogP contribution is 2.10. The minimum Gasteiger partial charge on any atom is -0.341 e. The Bertz CT molecular complexity index is 617. The SMILES string of the molecule is O=C(Cc1cccnc1)N1CCCN(Cc2cccnc2)CC1. The predicted molar refractivity (Wildman–Crippen MR) is 88.7 cm³/mol. The maximum atomic E-state index is 12.5. The average Bonchev–Trinajstić information content (AvgIpc) is 2.82. The fourth-order valence-corrected chi connectivity index (χ4v) is 2.92. The van der Waals surface area contributed by atoms with Gasteiger partial charge in [0.1, 0.15) is 0 Å². The molecule has 0 spiro atoms. The first-order valence-corrected chi connectivity index (χ1v) is 8.09. The molecule has 3 heterocycles. The number of hydrogen-bond acceptors (Lipinski definition) is 4. The van der Waals surface area contributed by atoms with Crippen LogP contribution >= 0.6 is 0 Å². The summed E-state index contributed by atoms with van der Waals surface area (Å²) >= 11 is 0. The van der Waals surface area contributed by atoms with Gasteiger partial charge in [0.25, 0.3) is 0 Å². The van der Waals surface area contributed by atoms with Gasteiger partial charge in [-0.3, -0.25) is 19.7 Å². The lowest BCUT2D eigenvalue weighted by molar-refractivity contribution is -0.130. The van der Waals surface area contributed by atoms with Crippen molar-refractivity contribution in [3.8, 4) is 0 Å². The monoisotopic (exact) mass is 310 g/mol. The van der Waals surface area contributed by atoms with Crippen LogP contribution in [0.3, 0.4) is 0 Å². The van der Waals surface area contributed by atoms with Crippen LogP contribution in [-0.4, -0.2) is 51.9 Å². The van der Waals surface area contributed by atoms with Crippen molar-refractivity contribution in [2.75, 3.05) is 26.2 Å². The molecular formula is C18H22N4O. The average molecular weight is 310 g/mol. The largest absolute Gasteiger partial charge is 0.341 e. The number of aromatic nitrogens is 2. The van der Waals surface area contributed by atoms with Crippen molar-refractivity contribution < 1.29 is 4.79 Å². The third-order valence-electron chi connectivity index (χ3n) is 4.15. The molecular weight excluding hydrogens is 288 g/mol. The first-order chi connectivity index (χ1) is 11.3. The van der Waals surface area contributed by atoms with Gasteiger partial charge < -0.3 is 4.90 Å². The molecule has 2 aromatic heterocycles. The molecule has 1 aliphatic heterocycles. The van der Waals surface area contributed by atoms with Gasteiger partial charge in [-0.1, -0.05) is 12.1 Å². The number of nitrogens with zero attached hydrogens (tertiary/aromatic N) is 4. The Morgan fingerprint density at radius 1 is 0.957 bits per heavy atom. The number of pyridine rings is 2. The van der Waals surface area contributed by atoms with Crippen molar-refractivity contribution in [3.05, 3.63) is 60.2 Å². The molecule has 23 heavy (non-hydrogen) atoms. The van der Waals surface area contributed by atoms with E-state index >= 15 is 0 Å². The minimum absolute atomic E-state index is 0.196. The molecule has 0 bridgehead atoms. The van der Waals surface area contributed by atoms with Crippen molar-refractivity contribution >= 4 is 5.91 Å². The van der Waals surface area contributed by atoms with Gasteiger partial charge >= 0.3 is 0 Å². The maximum absolute atomic E-state index is 12.5. The van der Waals surface area contributed by atoms with Gasteiger partial charge in [-0.05, 0) is 29.7 Å². The Morgan fingerprint density at radius 2 is 1.70 bits per heavy atom. The molecule has 0 aliphatic carbocycles. The Hall–Kier alpha value is -2.27. The van der Waals surface area contributed by atoms with E-state index in [1.54, 1.807) is 18.6 Å². The molecule has 3 rings (SSSR count). The standard InChI is InChI=1S/C18H22N4O/c23-18(12-16-4-1-6-19-13-16)22-9-3-8-21(10-11-22)15-17-5-2-7-20-14-17/h1-2,4-7,13-14H,3,8-12,15H2. The van der Waals surface area contributed by atoms with Crippen molar-refractivity contribution in [1.29, 1.82) is 0 Å². The maximum Gasteiger partial charge on any atom is 0.227 e. The van der Waals surface area contributed by atoms with Gasteiger partial charge in [-0.2, -0.15) is 0 Å². The summed E-state index contributed by atoms with van der Waals surface area (Å²) in [7, 11) is 0. The van der Waals surface area contributed by atoms with Gasteiger partial charge in [0.2, 0.25) is 5.91 Å². The third kappa shape index (κ3) is 4.60. The van der Waals surface area contributed by atoms with Crippen molar-refractivity contribution in [3.63, 3.8) is 0 Å². The summed E-state index contributed by atoms with van der Waals surface area (Å²) in [5.74, 6) is 0.196. The molecule has 0 atom stereocenters. The summed E-state index contributed by atoms with van der Waals surface area (Å²) in [4.78, 5) is 25.1. The van der Waals surface area contributed by atoms with Gasteiger partial charge in [0, 0.05) is 57.5 Å². The van der Waals surface area contributed by atoms with Crippen LogP contribution in [0.25, 0.3) is 0 Å². The summed E-state index contributed by atoms with van der Waals surface area (Å²) in [5, 5.41) is 0. The van der Waals surface area contributed by atoms with Crippen LogP contribution in [0, 0.1) is 0 Å². The van der Waals surface area contributed by atoms with E-state index in [0.29, 0.717) is 6.42 Å². The lowest BCUT2D eigenvalue weighted by Gasteiger charge is -2.22. The summed E-state index contributed by atoms with van der Waals surface area (Å²) in [6.07, 6.45) is 8.66. The topological polar surface area (TPSA) is 49.3 Å². The normalized spacial score (nSPS) is 16.1. The second-order valence-electron chi connectivity index (χ2n) is 5.91. The molecule has 5 nitrogen and oxygen atoms in total. The Balaban J connectivity index is 1.53. The molecule has 1 fully saturated rings. The zero-order valence-corrected chi connectivity index (χ0v) is 13.3. The second kappa shape index (κ2) is 7.83. The van der Waals surface area contributed by atoms with E-state index in [9.17, 15) is 4.79 Å². The number of amides is 1. The first-order valence-electron chi connectivity index (χ1n) is 8.09. The number of carbonyl (C=O) groups excluding carboxylic acids is 1. The van der Waals surface area contributed by atoms with Gasteiger partial charge in [-0.25, -0.2) is 0 Å². The third-order valence-corrected chi connectivity index (χ3v) is 4.15. The number of hydrogen-bond donors (Lipinski definition) is 0. The van der Waals surface area contributed by atoms with Crippen LogP contribution in [0.15, 0.2) is 49.1 Å². The Kier molecular flexibility index (Phi) is 5.32. The second-order valence-corrected chi connectivity index (χ2v) is 5.91. The molecule has 1 saturated heterocycles. The van der Waals surface area contributed by atoms with E-state index in [-0.39, 0.29) is 5.91 Å². The Labute approximate surface area is 137 Å². The van der Waals surface area contributed by atoms with E-state index in [1.165, 1.54) is 5.56 Å². The molecule has 0 unspecified atom stereocenters. The fourth-order valence-electron chi connectivity index (χ4n) is 2.92. The van der Waals surface area contributed by atoms with Crippen LogP contribution in [0.2, 0.25) is 0 Å². The highest BCUT2D eigenvalue weighted by molar-refractivity contribution is 5.78. The molecule has 0 radical (unpaired) electrons. The fraction of sp³-hybridized carbons (Fsp3) is 0.389. The van der Waals surface area contributed by atoms with Gasteiger partial charge in [0.05, 0.1) is 6.42 Å². The Morgan fingerprint density at radius 3 is 2.39 bits per heavy atom. The zero-order valence-electron chi connectivity index (χ0n) is 13.3. The summed E-state index contributed by atoms with van der Waals surface area (Å²) < 4.78 is 0. The van der Waals surface area contributed by atoms with E-state index in [0.717, 1.165) is 44.7 Å². The van der Waals surface area contributed by atoms with Gasteiger partial charge in [0.15, 0.2) is 0 Å². The van der Waals surface area contributed by atoms with Crippen LogP contribution in [0.4, 0.5) is 0 Å². The quantitative estimate of drug-likeness (QED) is 0.863. The first kappa shape index (κ1) is 15.6.